The molecule has 8 heteroatoms. The van der Waals surface area contributed by atoms with Gasteiger partial charge >= 0.3 is 12.0 Å². The van der Waals surface area contributed by atoms with Gasteiger partial charge in [-0.3, -0.25) is 0 Å². The van der Waals surface area contributed by atoms with E-state index < -0.39 is 0 Å². The van der Waals surface area contributed by atoms with E-state index in [1.54, 1.807) is 16.8 Å². The van der Waals surface area contributed by atoms with Crippen LogP contribution in [0.25, 0.3) is 49.8 Å². The van der Waals surface area contributed by atoms with Gasteiger partial charge in [0.25, 0.3) is 0 Å². The van der Waals surface area contributed by atoms with Crippen molar-refractivity contribution >= 4 is 32.7 Å². The van der Waals surface area contributed by atoms with E-state index in [2.05, 4.69) is 27.1 Å². The molecule has 0 fully saturated rings. The standard InChI is InChI=1S/C30H18N5O2.Pt/c36-30-33-25-14-5-6-15-26(25)35(30)28-23-12-3-4-13-24(23)32-29(34-28)37-21-10-7-9-20(18-21)27-22-11-2-1-8-19(22)16-17-31-27;/h1-17H,(H,33,36);/q-1;. The molecule has 7 rings (SSSR count). The summed E-state index contributed by atoms with van der Waals surface area (Å²) in [6, 6.07) is 34.1. The van der Waals surface area contributed by atoms with Gasteiger partial charge in [-0.25, -0.2) is 4.57 Å². The summed E-state index contributed by atoms with van der Waals surface area (Å²) in [6.45, 7) is 0. The molecule has 1 N–H and O–H groups in total. The summed E-state index contributed by atoms with van der Waals surface area (Å²) in [4.78, 5) is 18.2. The minimum Gasteiger partial charge on any atom is -0.480 e. The number of nitrogens with zero attached hydrogens (tertiary/aromatic N) is 5. The molecule has 0 bridgehead atoms. The molecule has 0 aliphatic rings. The molecular weight excluding hydrogens is 657 g/mol. The fourth-order valence-corrected chi connectivity index (χ4v) is 4.56. The van der Waals surface area contributed by atoms with Gasteiger partial charge in [0, 0.05) is 38.4 Å². The van der Waals surface area contributed by atoms with Gasteiger partial charge in [0.15, 0.2) is 5.82 Å². The molecule has 0 radical (unpaired) electrons. The molecule has 0 aliphatic heterocycles. The van der Waals surface area contributed by atoms with E-state index in [1.165, 1.54) is 0 Å². The van der Waals surface area contributed by atoms with E-state index in [0.717, 1.165) is 32.9 Å². The number of rotatable bonds is 4. The normalized spacial score (nSPS) is 11.1. The topological polar surface area (TPSA) is 86.0 Å². The second kappa shape index (κ2) is 9.69. The predicted molar refractivity (Wildman–Crippen MR) is 142 cm³/mol. The van der Waals surface area contributed by atoms with Crippen LogP contribution in [0.15, 0.2) is 103 Å². The summed E-state index contributed by atoms with van der Waals surface area (Å²) >= 11 is 0. The van der Waals surface area contributed by atoms with E-state index in [9.17, 15) is 5.11 Å². The molecule has 3 aromatic heterocycles. The maximum absolute atomic E-state index is 10.7. The minimum absolute atomic E-state index is 0. The van der Waals surface area contributed by atoms with Crippen molar-refractivity contribution in [3.63, 3.8) is 0 Å². The van der Waals surface area contributed by atoms with Crippen molar-refractivity contribution in [3.05, 3.63) is 109 Å². The maximum atomic E-state index is 10.7. The minimum atomic E-state index is -0.161. The Hall–Kier alpha value is -4.61. The summed E-state index contributed by atoms with van der Waals surface area (Å²) in [5.41, 5.74) is 3.68. The molecule has 0 spiro atoms. The van der Waals surface area contributed by atoms with Gasteiger partial charge in [-0.1, -0.05) is 54.6 Å². The summed E-state index contributed by atoms with van der Waals surface area (Å²) in [5, 5.41) is 13.6. The number of ether oxygens (including phenoxy) is 1. The molecule has 0 saturated heterocycles. The molecule has 7 aromatic rings. The number of pyridine rings is 1. The smallest absolute Gasteiger partial charge is 0.322 e. The largest absolute Gasteiger partial charge is 0.480 e. The van der Waals surface area contributed by atoms with Gasteiger partial charge in [0.1, 0.15) is 0 Å². The van der Waals surface area contributed by atoms with Crippen molar-refractivity contribution in [2.24, 2.45) is 0 Å². The predicted octanol–water partition coefficient (Wildman–Crippen LogP) is 6.48. The Morgan fingerprint density at radius 2 is 1.47 bits per heavy atom. The Bertz CT molecular complexity index is 1950. The Kier molecular flexibility index (Phi) is 6.06. The summed E-state index contributed by atoms with van der Waals surface area (Å²) in [5.74, 6) is 0.923. The number of benzene rings is 4. The number of aromatic nitrogens is 5. The van der Waals surface area contributed by atoms with Crippen molar-refractivity contribution in [3.8, 4) is 34.8 Å². The average Bonchev–Trinajstić information content (AvgIpc) is 3.28. The Balaban J connectivity index is 0.00000264. The Labute approximate surface area is 231 Å². The Morgan fingerprint density at radius 1 is 0.711 bits per heavy atom. The molecular formula is C30H18N5O2Pt-. The number of hydrogen-bond donors (Lipinski definition) is 1. The molecule has 3 heterocycles. The van der Waals surface area contributed by atoms with E-state index in [0.29, 0.717) is 22.6 Å². The van der Waals surface area contributed by atoms with Crippen molar-refractivity contribution in [2.75, 3.05) is 0 Å². The van der Waals surface area contributed by atoms with Crippen LogP contribution in [0.4, 0.5) is 0 Å². The SMILES string of the molecule is Oc1nc2ccccc2n1-c1nc(Oc2[c-]c(-c3nccc4ccccc34)ccc2)nc2ccccc12.[Pt]. The van der Waals surface area contributed by atoms with Gasteiger partial charge in [-0.05, 0) is 46.8 Å². The molecule has 4 aromatic carbocycles. The first-order chi connectivity index (χ1) is 18.2. The third-order valence-electron chi connectivity index (χ3n) is 6.22. The zero-order valence-corrected chi connectivity index (χ0v) is 22.0. The van der Waals surface area contributed by atoms with Crippen LogP contribution in [-0.4, -0.2) is 29.6 Å². The van der Waals surface area contributed by atoms with Crippen molar-refractivity contribution in [1.29, 1.82) is 0 Å². The van der Waals surface area contributed by atoms with E-state index >= 15 is 0 Å². The zero-order valence-electron chi connectivity index (χ0n) is 19.7. The fourth-order valence-electron chi connectivity index (χ4n) is 4.56. The van der Waals surface area contributed by atoms with Crippen LogP contribution in [0.5, 0.6) is 17.8 Å². The van der Waals surface area contributed by atoms with Crippen molar-refractivity contribution in [2.45, 2.75) is 0 Å². The van der Waals surface area contributed by atoms with Crippen LogP contribution in [0, 0.1) is 6.07 Å². The zero-order chi connectivity index (χ0) is 24.8. The van der Waals surface area contributed by atoms with Crippen LogP contribution >= 0.6 is 0 Å². The molecule has 186 valence electrons. The number of hydrogen-bond acceptors (Lipinski definition) is 6. The van der Waals surface area contributed by atoms with Crippen molar-refractivity contribution < 1.29 is 30.9 Å². The molecule has 0 atom stereocenters. The number of para-hydroxylation sites is 3. The first-order valence-electron chi connectivity index (χ1n) is 11.7. The summed E-state index contributed by atoms with van der Waals surface area (Å²) in [7, 11) is 0. The van der Waals surface area contributed by atoms with E-state index in [4.69, 9.17) is 9.72 Å². The Morgan fingerprint density at radius 3 is 2.37 bits per heavy atom. The van der Waals surface area contributed by atoms with Crippen LogP contribution in [0.1, 0.15) is 0 Å². The number of fused-ring (bicyclic) bond motifs is 3. The first-order valence-corrected chi connectivity index (χ1v) is 11.7. The maximum Gasteiger partial charge on any atom is 0.322 e. The fraction of sp³-hybridized carbons (Fsp3) is 0. The quantitative estimate of drug-likeness (QED) is 0.215. The molecule has 7 nitrogen and oxygen atoms in total. The van der Waals surface area contributed by atoms with E-state index in [1.807, 2.05) is 84.9 Å². The van der Waals surface area contributed by atoms with Crippen LogP contribution in [0.3, 0.4) is 0 Å². The van der Waals surface area contributed by atoms with Crippen LogP contribution in [0.2, 0.25) is 0 Å². The molecule has 0 aliphatic carbocycles. The number of aromatic hydroxyl groups is 1. The molecule has 0 unspecified atom stereocenters. The third kappa shape index (κ3) is 4.07. The van der Waals surface area contributed by atoms with Crippen LogP contribution in [-0.2, 0) is 21.1 Å². The van der Waals surface area contributed by atoms with E-state index in [-0.39, 0.29) is 33.1 Å². The van der Waals surface area contributed by atoms with Gasteiger partial charge in [-0.2, -0.15) is 15.0 Å². The number of imidazole rings is 1. The first kappa shape index (κ1) is 23.8. The van der Waals surface area contributed by atoms with Crippen LogP contribution < -0.4 is 4.74 Å². The second-order valence-electron chi connectivity index (χ2n) is 8.49. The molecule has 0 saturated carbocycles. The second-order valence-corrected chi connectivity index (χ2v) is 8.49. The van der Waals surface area contributed by atoms with Gasteiger partial charge in [0.2, 0.25) is 0 Å². The van der Waals surface area contributed by atoms with Gasteiger partial charge < -0.3 is 14.8 Å². The van der Waals surface area contributed by atoms with Gasteiger partial charge in [-0.15, -0.1) is 23.8 Å². The monoisotopic (exact) mass is 675 g/mol. The summed E-state index contributed by atoms with van der Waals surface area (Å²) < 4.78 is 7.73. The molecule has 38 heavy (non-hydrogen) atoms. The average molecular weight is 676 g/mol. The summed E-state index contributed by atoms with van der Waals surface area (Å²) in [6.07, 6.45) is 1.79. The third-order valence-corrected chi connectivity index (χ3v) is 6.22. The molecule has 0 amide bonds. The van der Waals surface area contributed by atoms with Crippen molar-refractivity contribution in [1.82, 2.24) is 24.5 Å². The van der Waals surface area contributed by atoms with Gasteiger partial charge in [0.05, 0.1) is 16.6 Å².